The summed E-state index contributed by atoms with van der Waals surface area (Å²) in [7, 11) is 0. The fraction of sp³-hybridized carbons (Fsp3) is 0. The Kier molecular flexibility index (Phi) is 3.57. The summed E-state index contributed by atoms with van der Waals surface area (Å²) in [4.78, 5) is 32.1. The van der Waals surface area contributed by atoms with E-state index in [4.69, 9.17) is 11.5 Å². The Morgan fingerprint density at radius 3 is 2.26 bits per heavy atom. The highest BCUT2D eigenvalue weighted by Crippen LogP contribution is 1.97. The minimum Gasteiger partial charge on any atom is -0.369 e. The molecule has 0 unspecified atom stereocenters. The van der Waals surface area contributed by atoms with Crippen LogP contribution in [0.3, 0.4) is 0 Å². The van der Waals surface area contributed by atoms with Gasteiger partial charge in [0.15, 0.2) is 11.2 Å². The van der Waals surface area contributed by atoms with Crippen molar-refractivity contribution in [3.63, 3.8) is 0 Å². The Bertz CT molecular complexity index is 726. The van der Waals surface area contributed by atoms with E-state index in [1.807, 2.05) is 0 Å². The molecule has 0 aliphatic heterocycles. The van der Waals surface area contributed by atoms with E-state index in [1.54, 1.807) is 18.5 Å². The van der Waals surface area contributed by atoms with Crippen molar-refractivity contribution >= 4 is 23.1 Å². The van der Waals surface area contributed by atoms with Gasteiger partial charge in [-0.05, 0) is 6.07 Å². The fourth-order valence-corrected chi connectivity index (χ4v) is 1.20. The molecule has 0 saturated carbocycles. The Morgan fingerprint density at radius 2 is 1.63 bits per heavy atom. The highest BCUT2D eigenvalue weighted by atomic mass is 16.1. The van der Waals surface area contributed by atoms with Gasteiger partial charge in [-0.25, -0.2) is 19.9 Å². The maximum Gasteiger partial charge on any atom is 0.280 e. The van der Waals surface area contributed by atoms with Crippen LogP contribution in [0.1, 0.15) is 0 Å². The molecule has 0 fully saturated rings. The molecular formula is C10H10N8O. The van der Waals surface area contributed by atoms with Crippen LogP contribution < -0.4 is 17.0 Å². The third kappa shape index (κ3) is 3.19. The first-order valence-corrected chi connectivity index (χ1v) is 5.16. The van der Waals surface area contributed by atoms with Crippen molar-refractivity contribution in [2.24, 2.45) is 0 Å². The van der Waals surface area contributed by atoms with E-state index in [9.17, 15) is 4.79 Å². The van der Waals surface area contributed by atoms with Crippen LogP contribution in [0.2, 0.25) is 0 Å². The van der Waals surface area contributed by atoms with E-state index in [0.717, 1.165) is 0 Å². The molecule has 19 heavy (non-hydrogen) atoms. The van der Waals surface area contributed by atoms with Crippen molar-refractivity contribution in [2.75, 3.05) is 11.5 Å². The number of nitrogens with zero attached hydrogens (tertiary/aromatic N) is 5. The second kappa shape index (κ2) is 5.49. The molecule has 0 aliphatic rings. The Balaban J connectivity index is 0.000000163. The molecule has 0 aliphatic carbocycles. The summed E-state index contributed by atoms with van der Waals surface area (Å²) in [5, 5.41) is 0. The number of nitrogens with two attached hydrogens (primary N) is 2. The summed E-state index contributed by atoms with van der Waals surface area (Å²) in [5.74, 6) is 0.371. The molecule has 0 aromatic carbocycles. The first kappa shape index (κ1) is 12.4. The lowest BCUT2D eigenvalue weighted by molar-refractivity contribution is 1.12. The third-order valence-electron chi connectivity index (χ3n) is 1.95. The van der Waals surface area contributed by atoms with Crippen LogP contribution in [0.25, 0.3) is 11.2 Å². The minimum atomic E-state index is -0.370. The molecule has 0 saturated heterocycles. The maximum atomic E-state index is 11.1. The van der Waals surface area contributed by atoms with Crippen molar-refractivity contribution in [2.45, 2.75) is 0 Å². The maximum absolute atomic E-state index is 11.1. The van der Waals surface area contributed by atoms with E-state index in [1.165, 1.54) is 12.4 Å². The smallest absolute Gasteiger partial charge is 0.280 e. The van der Waals surface area contributed by atoms with E-state index in [0.29, 0.717) is 5.95 Å². The average molecular weight is 258 g/mol. The molecule has 9 nitrogen and oxygen atoms in total. The quantitative estimate of drug-likeness (QED) is 0.481. The van der Waals surface area contributed by atoms with Crippen LogP contribution in [0.5, 0.6) is 0 Å². The first-order chi connectivity index (χ1) is 9.16. The Hall–Kier alpha value is -3.10. The summed E-state index contributed by atoms with van der Waals surface area (Å²) >= 11 is 0. The standard InChI is InChI=1S/C6H5N5O.C4H5N3/c7-6-10-4-3(5(12)11-6)8-1-2-9-4;5-4-6-2-1-3-7-4/h1-2H,(H3,7,9,10,11,12);1-3H,(H2,5,6,7). The van der Waals surface area contributed by atoms with E-state index < -0.39 is 0 Å². The second-order valence-electron chi connectivity index (χ2n) is 3.29. The number of fused-ring (bicyclic) bond motifs is 1. The van der Waals surface area contributed by atoms with Gasteiger partial charge in [0, 0.05) is 24.8 Å². The van der Waals surface area contributed by atoms with Crippen LogP contribution in [-0.4, -0.2) is 29.9 Å². The van der Waals surface area contributed by atoms with Gasteiger partial charge >= 0.3 is 0 Å². The average Bonchev–Trinajstić information content (AvgIpc) is 2.40. The Labute approximate surface area is 106 Å². The van der Waals surface area contributed by atoms with E-state index in [-0.39, 0.29) is 22.7 Å². The molecule has 3 aromatic heterocycles. The largest absolute Gasteiger partial charge is 0.369 e. The number of hydrogen-bond donors (Lipinski definition) is 3. The van der Waals surface area contributed by atoms with E-state index in [2.05, 4.69) is 29.9 Å². The monoisotopic (exact) mass is 258 g/mol. The third-order valence-corrected chi connectivity index (χ3v) is 1.95. The number of nitrogen functional groups attached to an aromatic ring is 2. The Morgan fingerprint density at radius 1 is 0.947 bits per heavy atom. The lowest BCUT2D eigenvalue weighted by atomic mass is 10.5. The van der Waals surface area contributed by atoms with Crippen molar-refractivity contribution in [1.29, 1.82) is 0 Å². The molecular weight excluding hydrogens is 248 g/mol. The zero-order valence-corrected chi connectivity index (χ0v) is 9.69. The second-order valence-corrected chi connectivity index (χ2v) is 3.29. The van der Waals surface area contributed by atoms with Gasteiger partial charge in [-0.3, -0.25) is 9.78 Å². The van der Waals surface area contributed by atoms with Crippen molar-refractivity contribution in [1.82, 2.24) is 29.9 Å². The van der Waals surface area contributed by atoms with Crippen molar-refractivity contribution in [3.05, 3.63) is 41.2 Å². The normalized spacial score (nSPS) is 9.68. The molecule has 0 bridgehead atoms. The van der Waals surface area contributed by atoms with Gasteiger partial charge in [0.25, 0.3) is 5.56 Å². The van der Waals surface area contributed by atoms with Gasteiger partial charge in [0.1, 0.15) is 0 Å². The molecule has 3 aromatic rings. The number of nitrogens with one attached hydrogen (secondary N) is 1. The highest BCUT2D eigenvalue weighted by molar-refractivity contribution is 5.68. The van der Waals surface area contributed by atoms with Crippen LogP contribution in [0.15, 0.2) is 35.6 Å². The summed E-state index contributed by atoms with van der Waals surface area (Å²) in [5.41, 5.74) is 10.5. The highest BCUT2D eigenvalue weighted by Gasteiger charge is 2.01. The minimum absolute atomic E-state index is 0.0491. The lowest BCUT2D eigenvalue weighted by Crippen LogP contribution is -2.12. The summed E-state index contributed by atoms with van der Waals surface area (Å²) < 4.78 is 0. The molecule has 3 heterocycles. The number of aromatic amines is 1. The van der Waals surface area contributed by atoms with Gasteiger partial charge in [0.05, 0.1) is 0 Å². The molecule has 5 N–H and O–H groups in total. The molecule has 0 spiro atoms. The molecule has 96 valence electrons. The van der Waals surface area contributed by atoms with Gasteiger partial charge in [-0.2, -0.15) is 4.98 Å². The molecule has 9 heteroatoms. The zero-order valence-electron chi connectivity index (χ0n) is 9.69. The van der Waals surface area contributed by atoms with Crippen LogP contribution in [0, 0.1) is 0 Å². The predicted octanol–water partition coefficient (Wildman–Crippen LogP) is -0.646. The number of H-pyrrole nitrogens is 1. The lowest BCUT2D eigenvalue weighted by Gasteiger charge is -1.94. The first-order valence-electron chi connectivity index (χ1n) is 5.16. The molecule has 0 amide bonds. The summed E-state index contributed by atoms with van der Waals surface area (Å²) in [6.07, 6.45) is 6.08. The summed E-state index contributed by atoms with van der Waals surface area (Å²) in [6.45, 7) is 0. The number of aromatic nitrogens is 6. The zero-order chi connectivity index (χ0) is 13.7. The number of rotatable bonds is 0. The molecule has 0 radical (unpaired) electrons. The van der Waals surface area contributed by atoms with Crippen LogP contribution in [0.4, 0.5) is 11.9 Å². The number of anilines is 2. The number of hydrogen-bond acceptors (Lipinski definition) is 8. The van der Waals surface area contributed by atoms with Crippen LogP contribution >= 0.6 is 0 Å². The molecule has 3 rings (SSSR count). The van der Waals surface area contributed by atoms with Gasteiger partial charge in [-0.15, -0.1) is 0 Å². The van der Waals surface area contributed by atoms with Crippen molar-refractivity contribution < 1.29 is 0 Å². The summed E-state index contributed by atoms with van der Waals surface area (Å²) in [6, 6.07) is 1.72. The SMILES string of the molecule is Nc1nc2nccnc2c(=O)[nH]1.Nc1ncccn1. The van der Waals surface area contributed by atoms with Gasteiger partial charge < -0.3 is 11.5 Å². The topological polar surface area (TPSA) is 149 Å². The fourth-order valence-electron chi connectivity index (χ4n) is 1.20. The van der Waals surface area contributed by atoms with E-state index >= 15 is 0 Å². The van der Waals surface area contributed by atoms with Gasteiger partial charge in [-0.1, -0.05) is 0 Å². The van der Waals surface area contributed by atoms with Gasteiger partial charge in [0.2, 0.25) is 11.9 Å². The van der Waals surface area contributed by atoms with Crippen LogP contribution in [-0.2, 0) is 0 Å². The van der Waals surface area contributed by atoms with Crippen molar-refractivity contribution in [3.8, 4) is 0 Å². The predicted molar refractivity (Wildman–Crippen MR) is 68.8 cm³/mol. The molecule has 0 atom stereocenters.